The number of aliphatic imine (C=N–C) groups is 1. The number of methoxy groups -OCH3 is 2. The molecule has 0 amide bonds. The van der Waals surface area contributed by atoms with Crippen LogP contribution < -0.4 is 15.4 Å². The van der Waals surface area contributed by atoms with Crippen LogP contribution in [-0.2, 0) is 11.3 Å². The second-order valence-corrected chi connectivity index (χ2v) is 5.98. The summed E-state index contributed by atoms with van der Waals surface area (Å²) < 4.78 is 10.5. The lowest BCUT2D eigenvalue weighted by molar-refractivity contribution is 0.141. The zero-order valence-electron chi connectivity index (χ0n) is 15.0. The van der Waals surface area contributed by atoms with Gasteiger partial charge in [0.05, 0.1) is 13.7 Å². The van der Waals surface area contributed by atoms with Crippen LogP contribution in [0.1, 0.15) is 18.4 Å². The standard InChI is InChI=1S/C18H30N4O2/c1-19-18(20-13-15-6-4-8-17(12-15)24-3)21-14-16-7-5-9-22(16)10-11-23-2/h4,6,8,12,16H,5,7,9-11,13-14H2,1-3H3,(H2,19,20,21). The fourth-order valence-electron chi connectivity index (χ4n) is 3.03. The predicted octanol–water partition coefficient (Wildman–Crippen LogP) is 1.47. The van der Waals surface area contributed by atoms with E-state index in [9.17, 15) is 0 Å². The SMILES string of the molecule is CN=C(NCc1cccc(OC)c1)NCC1CCCN1CCOC. The van der Waals surface area contributed by atoms with E-state index in [0.29, 0.717) is 6.04 Å². The van der Waals surface area contributed by atoms with Crippen LogP contribution in [0.4, 0.5) is 0 Å². The van der Waals surface area contributed by atoms with Gasteiger partial charge in [-0.2, -0.15) is 0 Å². The van der Waals surface area contributed by atoms with Gasteiger partial charge in [-0.3, -0.25) is 9.89 Å². The smallest absolute Gasteiger partial charge is 0.191 e. The molecule has 0 aliphatic carbocycles. The number of nitrogens with zero attached hydrogens (tertiary/aromatic N) is 2. The van der Waals surface area contributed by atoms with E-state index in [4.69, 9.17) is 9.47 Å². The minimum absolute atomic E-state index is 0.551. The monoisotopic (exact) mass is 334 g/mol. The highest BCUT2D eigenvalue weighted by molar-refractivity contribution is 5.79. The quantitative estimate of drug-likeness (QED) is 0.557. The Bertz CT molecular complexity index is 521. The summed E-state index contributed by atoms with van der Waals surface area (Å²) in [6, 6.07) is 8.61. The van der Waals surface area contributed by atoms with Gasteiger partial charge in [0.25, 0.3) is 0 Å². The van der Waals surface area contributed by atoms with Crippen molar-refractivity contribution in [1.82, 2.24) is 15.5 Å². The maximum Gasteiger partial charge on any atom is 0.191 e. The van der Waals surface area contributed by atoms with E-state index < -0.39 is 0 Å². The molecule has 24 heavy (non-hydrogen) atoms. The molecule has 1 saturated heterocycles. The Labute approximate surface area is 145 Å². The number of nitrogens with one attached hydrogen (secondary N) is 2. The van der Waals surface area contributed by atoms with Crippen molar-refractivity contribution in [2.24, 2.45) is 4.99 Å². The average molecular weight is 334 g/mol. The van der Waals surface area contributed by atoms with Gasteiger partial charge in [-0.25, -0.2) is 0 Å². The highest BCUT2D eigenvalue weighted by atomic mass is 16.5. The first kappa shape index (κ1) is 18.5. The van der Waals surface area contributed by atoms with Crippen molar-refractivity contribution in [3.8, 4) is 5.75 Å². The first-order chi connectivity index (χ1) is 11.8. The molecule has 0 spiro atoms. The van der Waals surface area contributed by atoms with Gasteiger partial charge in [-0.15, -0.1) is 0 Å². The average Bonchev–Trinajstić information content (AvgIpc) is 3.07. The molecule has 1 aromatic carbocycles. The third-order valence-corrected chi connectivity index (χ3v) is 4.40. The van der Waals surface area contributed by atoms with Gasteiger partial charge in [0.1, 0.15) is 5.75 Å². The van der Waals surface area contributed by atoms with Crippen LogP contribution in [0.5, 0.6) is 5.75 Å². The highest BCUT2D eigenvalue weighted by Crippen LogP contribution is 2.16. The summed E-state index contributed by atoms with van der Waals surface area (Å²) in [5.41, 5.74) is 1.17. The van der Waals surface area contributed by atoms with Gasteiger partial charge >= 0.3 is 0 Å². The molecular formula is C18H30N4O2. The number of guanidine groups is 1. The molecule has 0 radical (unpaired) electrons. The van der Waals surface area contributed by atoms with Crippen molar-refractivity contribution < 1.29 is 9.47 Å². The predicted molar refractivity (Wildman–Crippen MR) is 97.7 cm³/mol. The van der Waals surface area contributed by atoms with Crippen molar-refractivity contribution in [3.05, 3.63) is 29.8 Å². The van der Waals surface area contributed by atoms with Crippen molar-refractivity contribution in [2.45, 2.75) is 25.4 Å². The molecule has 0 aromatic heterocycles. The molecule has 1 atom stereocenters. The lowest BCUT2D eigenvalue weighted by Gasteiger charge is -2.25. The Morgan fingerprint density at radius 1 is 1.33 bits per heavy atom. The number of likely N-dealkylation sites (tertiary alicyclic amines) is 1. The summed E-state index contributed by atoms with van der Waals surface area (Å²) in [5.74, 6) is 1.70. The van der Waals surface area contributed by atoms with Crippen molar-refractivity contribution in [3.63, 3.8) is 0 Å². The van der Waals surface area contributed by atoms with E-state index in [2.05, 4.69) is 26.6 Å². The number of hydrogen-bond acceptors (Lipinski definition) is 4. The van der Waals surface area contributed by atoms with Gasteiger partial charge in [-0.05, 0) is 37.1 Å². The second kappa shape index (κ2) is 10.2. The molecule has 6 nitrogen and oxygen atoms in total. The minimum atomic E-state index is 0.551. The number of benzene rings is 1. The normalized spacial score (nSPS) is 18.6. The van der Waals surface area contributed by atoms with E-state index >= 15 is 0 Å². The van der Waals surface area contributed by atoms with Crippen LogP contribution in [-0.4, -0.2) is 64.4 Å². The molecule has 6 heteroatoms. The first-order valence-corrected chi connectivity index (χ1v) is 8.57. The summed E-state index contributed by atoms with van der Waals surface area (Å²) in [6.45, 7) is 4.57. The summed E-state index contributed by atoms with van der Waals surface area (Å²) in [4.78, 5) is 6.81. The molecule has 1 aliphatic rings. The Morgan fingerprint density at radius 3 is 2.96 bits per heavy atom. The van der Waals surface area contributed by atoms with Crippen LogP contribution >= 0.6 is 0 Å². The molecule has 1 fully saturated rings. The maximum atomic E-state index is 5.26. The van der Waals surface area contributed by atoms with Crippen LogP contribution in [0.2, 0.25) is 0 Å². The molecule has 2 rings (SSSR count). The third kappa shape index (κ3) is 5.69. The molecule has 1 heterocycles. The zero-order chi connectivity index (χ0) is 17.2. The Kier molecular flexibility index (Phi) is 7.85. The summed E-state index contributed by atoms with van der Waals surface area (Å²) in [5, 5.41) is 6.80. The van der Waals surface area contributed by atoms with Gasteiger partial charge in [0.15, 0.2) is 5.96 Å². The maximum absolute atomic E-state index is 5.26. The molecular weight excluding hydrogens is 304 g/mol. The number of hydrogen-bond donors (Lipinski definition) is 2. The molecule has 0 saturated carbocycles. The second-order valence-electron chi connectivity index (χ2n) is 5.98. The lowest BCUT2D eigenvalue weighted by Crippen LogP contribution is -2.45. The molecule has 1 unspecified atom stereocenters. The van der Waals surface area contributed by atoms with Crippen LogP contribution in [0.25, 0.3) is 0 Å². The largest absolute Gasteiger partial charge is 0.497 e. The topological polar surface area (TPSA) is 58.1 Å². The van der Waals surface area contributed by atoms with Gasteiger partial charge in [0.2, 0.25) is 0 Å². The fraction of sp³-hybridized carbons (Fsp3) is 0.611. The zero-order valence-corrected chi connectivity index (χ0v) is 15.0. The third-order valence-electron chi connectivity index (χ3n) is 4.40. The minimum Gasteiger partial charge on any atom is -0.497 e. The van der Waals surface area contributed by atoms with Crippen molar-refractivity contribution in [1.29, 1.82) is 0 Å². The Morgan fingerprint density at radius 2 is 2.21 bits per heavy atom. The summed E-state index contributed by atoms with van der Waals surface area (Å²) >= 11 is 0. The van der Waals surface area contributed by atoms with Crippen molar-refractivity contribution in [2.75, 3.05) is 47.5 Å². The molecule has 1 aliphatic heterocycles. The highest BCUT2D eigenvalue weighted by Gasteiger charge is 2.23. The van der Waals surface area contributed by atoms with Gasteiger partial charge < -0.3 is 20.1 Å². The molecule has 134 valence electrons. The van der Waals surface area contributed by atoms with E-state index in [1.165, 1.54) is 18.4 Å². The molecule has 1 aromatic rings. The summed E-state index contributed by atoms with van der Waals surface area (Å²) in [7, 11) is 5.25. The Hall–Kier alpha value is -1.79. The van der Waals surface area contributed by atoms with Crippen LogP contribution in [0, 0.1) is 0 Å². The summed E-state index contributed by atoms with van der Waals surface area (Å²) in [6.07, 6.45) is 2.48. The fourth-order valence-corrected chi connectivity index (χ4v) is 3.03. The lowest BCUT2D eigenvalue weighted by atomic mass is 10.2. The van der Waals surface area contributed by atoms with Gasteiger partial charge in [-0.1, -0.05) is 12.1 Å². The van der Waals surface area contributed by atoms with Crippen LogP contribution in [0.15, 0.2) is 29.3 Å². The van der Waals surface area contributed by atoms with E-state index in [0.717, 1.165) is 44.5 Å². The van der Waals surface area contributed by atoms with Gasteiger partial charge in [0, 0.05) is 39.8 Å². The molecule has 0 bridgehead atoms. The van der Waals surface area contributed by atoms with Crippen molar-refractivity contribution >= 4 is 5.96 Å². The Balaban J connectivity index is 1.77. The molecule has 2 N–H and O–H groups in total. The van der Waals surface area contributed by atoms with E-state index in [1.54, 1.807) is 21.3 Å². The van der Waals surface area contributed by atoms with Crippen LogP contribution in [0.3, 0.4) is 0 Å². The van der Waals surface area contributed by atoms with E-state index in [1.807, 2.05) is 18.2 Å². The first-order valence-electron chi connectivity index (χ1n) is 8.57. The number of rotatable bonds is 8. The van der Waals surface area contributed by atoms with E-state index in [-0.39, 0.29) is 0 Å². The number of ether oxygens (including phenoxy) is 2.